The third-order valence-corrected chi connectivity index (χ3v) is 3.41. The Kier molecular flexibility index (Phi) is 5.54. The lowest BCUT2D eigenvalue weighted by Crippen LogP contribution is -2.19. The minimum absolute atomic E-state index is 0.0263. The van der Waals surface area contributed by atoms with Gasteiger partial charge in [-0.25, -0.2) is 0 Å². The van der Waals surface area contributed by atoms with Crippen molar-refractivity contribution in [1.82, 2.24) is 0 Å². The highest BCUT2D eigenvalue weighted by molar-refractivity contribution is 7.80. The van der Waals surface area contributed by atoms with E-state index >= 15 is 0 Å². The van der Waals surface area contributed by atoms with Crippen molar-refractivity contribution in [3.05, 3.63) is 48.0 Å². The summed E-state index contributed by atoms with van der Waals surface area (Å²) in [5.74, 6) is 1.38. The average molecular weight is 330 g/mol. The van der Waals surface area contributed by atoms with Crippen LogP contribution < -0.4 is 20.1 Å². The smallest absolute Gasteiger partial charge is 0.175 e. The molecule has 0 aliphatic carbocycles. The molecule has 6 heteroatoms. The van der Waals surface area contributed by atoms with E-state index in [9.17, 15) is 4.79 Å². The van der Waals surface area contributed by atoms with Gasteiger partial charge in [-0.1, -0.05) is 0 Å². The number of methoxy groups -OCH3 is 2. The maximum absolute atomic E-state index is 11.3. The number of Topliss-reactive ketones (excluding diaryl/α,β-unsaturated/α-hetero) is 1. The Balaban J connectivity index is 2.08. The average Bonchev–Trinajstić information content (AvgIpc) is 2.55. The molecule has 23 heavy (non-hydrogen) atoms. The van der Waals surface area contributed by atoms with Gasteiger partial charge in [-0.05, 0) is 55.5 Å². The third-order valence-electron chi connectivity index (χ3n) is 3.20. The van der Waals surface area contributed by atoms with E-state index in [1.165, 1.54) is 6.92 Å². The molecule has 0 fully saturated rings. The van der Waals surface area contributed by atoms with E-state index in [-0.39, 0.29) is 5.78 Å². The molecular formula is C17H18N2O3S. The van der Waals surface area contributed by atoms with Gasteiger partial charge in [0.25, 0.3) is 0 Å². The largest absolute Gasteiger partial charge is 0.497 e. The van der Waals surface area contributed by atoms with E-state index in [1.54, 1.807) is 56.7 Å². The summed E-state index contributed by atoms with van der Waals surface area (Å²) in [4.78, 5) is 11.3. The number of ether oxygens (including phenoxy) is 2. The normalized spacial score (nSPS) is 9.87. The van der Waals surface area contributed by atoms with Crippen LogP contribution >= 0.6 is 12.2 Å². The van der Waals surface area contributed by atoms with E-state index < -0.39 is 0 Å². The zero-order valence-electron chi connectivity index (χ0n) is 13.2. The van der Waals surface area contributed by atoms with Gasteiger partial charge in [0, 0.05) is 17.3 Å². The summed E-state index contributed by atoms with van der Waals surface area (Å²) >= 11 is 5.30. The second-order valence-electron chi connectivity index (χ2n) is 4.78. The molecule has 2 N–H and O–H groups in total. The van der Waals surface area contributed by atoms with Crippen LogP contribution in [0.15, 0.2) is 42.5 Å². The molecule has 2 aromatic carbocycles. The van der Waals surface area contributed by atoms with Crippen molar-refractivity contribution in [3.63, 3.8) is 0 Å². The Morgan fingerprint density at radius 1 is 1.00 bits per heavy atom. The number of thiocarbonyl (C=S) groups is 1. The molecule has 0 saturated carbocycles. The molecule has 0 heterocycles. The second kappa shape index (κ2) is 7.60. The van der Waals surface area contributed by atoms with E-state index in [2.05, 4.69) is 10.6 Å². The fraction of sp³-hybridized carbons (Fsp3) is 0.176. The third kappa shape index (κ3) is 4.43. The van der Waals surface area contributed by atoms with Gasteiger partial charge in [-0.3, -0.25) is 4.79 Å². The predicted molar refractivity (Wildman–Crippen MR) is 95.8 cm³/mol. The first-order valence-electron chi connectivity index (χ1n) is 6.94. The quantitative estimate of drug-likeness (QED) is 0.644. The lowest BCUT2D eigenvalue weighted by atomic mass is 10.1. The monoisotopic (exact) mass is 330 g/mol. The fourth-order valence-electron chi connectivity index (χ4n) is 1.98. The molecule has 0 unspecified atom stereocenters. The molecule has 0 spiro atoms. The van der Waals surface area contributed by atoms with Crippen LogP contribution in [-0.4, -0.2) is 25.1 Å². The molecule has 120 valence electrons. The van der Waals surface area contributed by atoms with Crippen molar-refractivity contribution in [2.24, 2.45) is 0 Å². The molecule has 2 aromatic rings. The number of rotatable bonds is 5. The summed E-state index contributed by atoms with van der Waals surface area (Å²) in [5, 5.41) is 6.54. The van der Waals surface area contributed by atoms with Crippen molar-refractivity contribution in [2.45, 2.75) is 6.92 Å². The molecule has 5 nitrogen and oxygen atoms in total. The molecule has 0 atom stereocenters. The summed E-state index contributed by atoms with van der Waals surface area (Å²) < 4.78 is 10.5. The van der Waals surface area contributed by atoms with Crippen LogP contribution in [0.5, 0.6) is 11.5 Å². The van der Waals surface area contributed by atoms with Crippen molar-refractivity contribution in [1.29, 1.82) is 0 Å². The van der Waals surface area contributed by atoms with Crippen molar-refractivity contribution in [2.75, 3.05) is 24.9 Å². The molecule has 0 saturated heterocycles. The van der Waals surface area contributed by atoms with Gasteiger partial charge in [-0.15, -0.1) is 0 Å². The molecule has 0 aromatic heterocycles. The van der Waals surface area contributed by atoms with Gasteiger partial charge in [0.15, 0.2) is 10.9 Å². The number of hydrogen-bond acceptors (Lipinski definition) is 4. The minimum Gasteiger partial charge on any atom is -0.497 e. The fourth-order valence-corrected chi connectivity index (χ4v) is 2.21. The SMILES string of the molecule is COc1ccc(OC)c(NC(=S)Nc2ccc(C(C)=O)cc2)c1. The van der Waals surface area contributed by atoms with Gasteiger partial charge in [0.1, 0.15) is 11.5 Å². The van der Waals surface area contributed by atoms with Crippen molar-refractivity contribution < 1.29 is 14.3 Å². The number of carbonyl (C=O) groups is 1. The maximum Gasteiger partial charge on any atom is 0.175 e. The summed E-state index contributed by atoms with van der Waals surface area (Å²) in [6, 6.07) is 12.5. The van der Waals surface area contributed by atoms with Gasteiger partial charge in [-0.2, -0.15) is 0 Å². The van der Waals surface area contributed by atoms with Crippen LogP contribution in [0.25, 0.3) is 0 Å². The first kappa shape index (κ1) is 16.8. The maximum atomic E-state index is 11.3. The van der Waals surface area contributed by atoms with Gasteiger partial charge >= 0.3 is 0 Å². The highest BCUT2D eigenvalue weighted by atomic mass is 32.1. The summed E-state index contributed by atoms with van der Waals surface area (Å²) in [5.41, 5.74) is 2.14. The number of ketones is 1. The number of hydrogen-bond donors (Lipinski definition) is 2. The number of anilines is 2. The van der Waals surface area contributed by atoms with Crippen LogP contribution in [0.4, 0.5) is 11.4 Å². The molecule has 0 bridgehead atoms. The summed E-state index contributed by atoms with van der Waals surface area (Å²) in [6.45, 7) is 1.53. The standard InChI is InChI=1S/C17H18N2O3S/c1-11(20)12-4-6-13(7-5-12)18-17(23)19-15-10-14(21-2)8-9-16(15)22-3/h4-10H,1-3H3,(H2,18,19,23). The number of carbonyl (C=O) groups excluding carboxylic acids is 1. The molecule has 0 radical (unpaired) electrons. The Bertz CT molecular complexity index is 714. The lowest BCUT2D eigenvalue weighted by molar-refractivity contribution is 0.101. The van der Waals surface area contributed by atoms with Crippen LogP contribution in [0.2, 0.25) is 0 Å². The molecule has 0 amide bonds. The van der Waals surface area contributed by atoms with Crippen LogP contribution in [-0.2, 0) is 0 Å². The molecule has 2 rings (SSSR count). The number of nitrogens with one attached hydrogen (secondary N) is 2. The second-order valence-corrected chi connectivity index (χ2v) is 5.19. The van der Waals surface area contributed by atoms with Crippen molar-refractivity contribution in [3.8, 4) is 11.5 Å². The number of benzene rings is 2. The topological polar surface area (TPSA) is 59.6 Å². The van der Waals surface area contributed by atoms with Crippen LogP contribution in [0, 0.1) is 0 Å². The lowest BCUT2D eigenvalue weighted by Gasteiger charge is -2.14. The molecular weight excluding hydrogens is 312 g/mol. The summed E-state index contributed by atoms with van der Waals surface area (Å²) in [6.07, 6.45) is 0. The Morgan fingerprint density at radius 3 is 2.26 bits per heavy atom. The van der Waals surface area contributed by atoms with Crippen LogP contribution in [0.1, 0.15) is 17.3 Å². The summed E-state index contributed by atoms with van der Waals surface area (Å²) in [7, 11) is 3.18. The Morgan fingerprint density at radius 2 is 1.70 bits per heavy atom. The Hall–Kier alpha value is -2.60. The zero-order chi connectivity index (χ0) is 16.8. The zero-order valence-corrected chi connectivity index (χ0v) is 14.0. The van der Waals surface area contributed by atoms with Gasteiger partial charge < -0.3 is 20.1 Å². The van der Waals surface area contributed by atoms with E-state index in [4.69, 9.17) is 21.7 Å². The first-order chi connectivity index (χ1) is 11.0. The van der Waals surface area contributed by atoms with E-state index in [0.29, 0.717) is 27.9 Å². The molecule has 0 aliphatic rings. The minimum atomic E-state index is 0.0263. The highest BCUT2D eigenvalue weighted by Gasteiger charge is 2.07. The van der Waals surface area contributed by atoms with E-state index in [1.807, 2.05) is 0 Å². The highest BCUT2D eigenvalue weighted by Crippen LogP contribution is 2.29. The molecule has 0 aliphatic heterocycles. The van der Waals surface area contributed by atoms with Gasteiger partial charge in [0.05, 0.1) is 19.9 Å². The van der Waals surface area contributed by atoms with Crippen molar-refractivity contribution >= 4 is 34.5 Å². The van der Waals surface area contributed by atoms with E-state index in [0.717, 1.165) is 5.69 Å². The first-order valence-corrected chi connectivity index (χ1v) is 7.35. The van der Waals surface area contributed by atoms with Gasteiger partial charge in [0.2, 0.25) is 0 Å². The predicted octanol–water partition coefficient (Wildman–Crippen LogP) is 3.72. The Labute approximate surface area is 140 Å². The van der Waals surface area contributed by atoms with Crippen LogP contribution in [0.3, 0.4) is 0 Å².